The molecule has 0 bridgehead atoms. The fourth-order valence-corrected chi connectivity index (χ4v) is 4.20. The van der Waals surface area contributed by atoms with Gasteiger partial charge in [-0.1, -0.05) is 18.2 Å². The average molecular weight is 379 g/mol. The molecule has 2 aromatic heterocycles. The van der Waals surface area contributed by atoms with Crippen LogP contribution in [0, 0.1) is 20.1 Å². The summed E-state index contributed by atoms with van der Waals surface area (Å²) in [7, 11) is 2.00. The van der Waals surface area contributed by atoms with E-state index in [0.29, 0.717) is 17.1 Å². The SMILES string of the molecule is [C-]#[N+]c1ccc2c(c1[N+]#[C-])N(c1c(C)ccc3c1oc1ncccc13)[C@@H](C)N2C. The van der Waals surface area contributed by atoms with Gasteiger partial charge < -0.3 is 14.2 Å². The highest BCUT2D eigenvalue weighted by Crippen LogP contribution is 2.54. The highest BCUT2D eigenvalue weighted by Gasteiger charge is 2.37. The number of nitrogens with zero attached hydrogens (tertiary/aromatic N) is 5. The van der Waals surface area contributed by atoms with Crippen molar-refractivity contribution in [1.82, 2.24) is 4.98 Å². The Morgan fingerprint density at radius 1 is 1.03 bits per heavy atom. The third-order valence-corrected chi connectivity index (χ3v) is 5.73. The lowest BCUT2D eigenvalue weighted by atomic mass is 10.1. The van der Waals surface area contributed by atoms with Crippen molar-refractivity contribution < 1.29 is 4.42 Å². The van der Waals surface area contributed by atoms with Gasteiger partial charge in [0.1, 0.15) is 6.17 Å². The van der Waals surface area contributed by atoms with Crippen molar-refractivity contribution in [2.24, 2.45) is 0 Å². The number of fused-ring (bicyclic) bond motifs is 4. The van der Waals surface area contributed by atoms with Crippen molar-refractivity contribution >= 4 is 50.5 Å². The minimum absolute atomic E-state index is 0.0445. The highest BCUT2D eigenvalue weighted by atomic mass is 16.3. The average Bonchev–Trinajstić information content (AvgIpc) is 3.23. The predicted octanol–water partition coefficient (Wildman–Crippen LogP) is 6.32. The van der Waals surface area contributed by atoms with Crippen molar-refractivity contribution in [3.8, 4) is 0 Å². The molecule has 0 unspecified atom stereocenters. The maximum Gasteiger partial charge on any atom is 0.227 e. The summed E-state index contributed by atoms with van der Waals surface area (Å²) >= 11 is 0. The van der Waals surface area contributed by atoms with Crippen LogP contribution in [0.5, 0.6) is 0 Å². The first-order valence-corrected chi connectivity index (χ1v) is 9.27. The second-order valence-corrected chi connectivity index (χ2v) is 7.20. The Hall–Kier alpha value is -4.03. The first kappa shape index (κ1) is 17.1. The molecule has 0 saturated heterocycles. The number of rotatable bonds is 1. The third kappa shape index (κ3) is 2.17. The number of benzene rings is 2. The smallest absolute Gasteiger partial charge is 0.227 e. The number of furan rings is 1. The van der Waals surface area contributed by atoms with Crippen LogP contribution in [0.15, 0.2) is 47.0 Å². The number of pyridine rings is 1. The van der Waals surface area contributed by atoms with E-state index in [1.165, 1.54) is 0 Å². The number of aryl methyl sites for hydroxylation is 1. The molecular weight excluding hydrogens is 362 g/mol. The molecule has 1 aliphatic rings. The van der Waals surface area contributed by atoms with Gasteiger partial charge in [-0.2, -0.15) is 0 Å². The van der Waals surface area contributed by atoms with Crippen LogP contribution in [-0.4, -0.2) is 18.2 Å². The van der Waals surface area contributed by atoms with Gasteiger partial charge in [0.25, 0.3) is 0 Å². The first-order chi connectivity index (χ1) is 14.1. The van der Waals surface area contributed by atoms with Crippen LogP contribution in [0.25, 0.3) is 31.8 Å². The molecule has 6 nitrogen and oxygen atoms in total. The van der Waals surface area contributed by atoms with Crippen molar-refractivity contribution in [3.63, 3.8) is 0 Å². The predicted molar refractivity (Wildman–Crippen MR) is 115 cm³/mol. The molecule has 0 fully saturated rings. The van der Waals surface area contributed by atoms with E-state index in [0.717, 1.165) is 39.0 Å². The zero-order valence-electron chi connectivity index (χ0n) is 16.3. The van der Waals surface area contributed by atoms with E-state index < -0.39 is 0 Å². The molecule has 0 amide bonds. The summed E-state index contributed by atoms with van der Waals surface area (Å²) in [5.74, 6) is 0. The number of anilines is 3. The van der Waals surface area contributed by atoms with E-state index in [1.54, 1.807) is 12.3 Å². The molecule has 0 N–H and O–H groups in total. The number of hydrogen-bond acceptors (Lipinski definition) is 4. The van der Waals surface area contributed by atoms with Crippen LogP contribution in [-0.2, 0) is 0 Å². The molecule has 3 heterocycles. The van der Waals surface area contributed by atoms with E-state index in [9.17, 15) is 0 Å². The third-order valence-electron chi connectivity index (χ3n) is 5.73. The lowest BCUT2D eigenvalue weighted by molar-refractivity contribution is 0.648. The van der Waals surface area contributed by atoms with Crippen molar-refractivity contribution in [3.05, 3.63) is 71.0 Å². The summed E-state index contributed by atoms with van der Waals surface area (Å²) in [5.41, 5.74) is 5.71. The van der Waals surface area contributed by atoms with E-state index in [1.807, 2.05) is 32.2 Å². The Bertz CT molecular complexity index is 1390. The van der Waals surface area contributed by atoms with Gasteiger partial charge in [-0.3, -0.25) is 4.85 Å². The van der Waals surface area contributed by atoms with Crippen LogP contribution < -0.4 is 9.80 Å². The van der Waals surface area contributed by atoms with E-state index in [4.69, 9.17) is 17.6 Å². The number of aromatic nitrogens is 1. The molecule has 0 radical (unpaired) electrons. The Labute approximate surface area is 168 Å². The van der Waals surface area contributed by atoms with Gasteiger partial charge >= 0.3 is 0 Å². The number of hydrogen-bond donors (Lipinski definition) is 0. The monoisotopic (exact) mass is 379 g/mol. The molecular formula is C23H17N5O. The van der Waals surface area contributed by atoms with Crippen LogP contribution in [0.1, 0.15) is 12.5 Å². The fraction of sp³-hybridized carbons (Fsp3) is 0.174. The van der Waals surface area contributed by atoms with E-state index in [2.05, 4.69) is 43.5 Å². The molecule has 1 atom stereocenters. The maximum atomic E-state index is 7.75. The van der Waals surface area contributed by atoms with Crippen LogP contribution in [0.2, 0.25) is 0 Å². The molecule has 2 aromatic carbocycles. The van der Waals surface area contributed by atoms with Crippen molar-refractivity contribution in [2.75, 3.05) is 16.8 Å². The zero-order valence-corrected chi connectivity index (χ0v) is 16.3. The Morgan fingerprint density at radius 3 is 2.62 bits per heavy atom. The van der Waals surface area contributed by atoms with E-state index in [-0.39, 0.29) is 6.17 Å². The second-order valence-electron chi connectivity index (χ2n) is 7.20. The molecule has 140 valence electrons. The topological polar surface area (TPSA) is 41.2 Å². The summed E-state index contributed by atoms with van der Waals surface area (Å²) in [6, 6.07) is 11.7. The van der Waals surface area contributed by atoms with Gasteiger partial charge in [-0.25, -0.2) is 9.83 Å². The normalized spacial score (nSPS) is 15.6. The summed E-state index contributed by atoms with van der Waals surface area (Å²) < 4.78 is 6.20. The Balaban J connectivity index is 1.89. The summed E-state index contributed by atoms with van der Waals surface area (Å²) in [4.78, 5) is 15.9. The summed E-state index contributed by atoms with van der Waals surface area (Å²) in [6.07, 6.45) is 1.68. The lowest BCUT2D eigenvalue weighted by Crippen LogP contribution is -2.36. The maximum absolute atomic E-state index is 7.75. The molecule has 4 aromatic rings. The molecule has 0 aliphatic carbocycles. The van der Waals surface area contributed by atoms with Crippen molar-refractivity contribution in [1.29, 1.82) is 0 Å². The van der Waals surface area contributed by atoms with Gasteiger partial charge in [0, 0.05) is 29.7 Å². The van der Waals surface area contributed by atoms with Crippen LogP contribution in [0.4, 0.5) is 28.4 Å². The molecule has 0 spiro atoms. The lowest BCUT2D eigenvalue weighted by Gasteiger charge is -2.29. The first-order valence-electron chi connectivity index (χ1n) is 9.27. The standard InChI is InChI=1S/C23H17N5O/c1-13-8-9-15-16-7-6-12-26-23(16)29-22(15)20(13)28-14(2)27(5)18-11-10-17(24-3)19(25-4)21(18)28/h6-12,14H,1-2,5H3/t14-/m0/s1. The summed E-state index contributed by atoms with van der Waals surface area (Å²) in [5, 5.41) is 1.95. The summed E-state index contributed by atoms with van der Waals surface area (Å²) in [6.45, 7) is 19.4. The van der Waals surface area contributed by atoms with Crippen LogP contribution in [0.3, 0.4) is 0 Å². The van der Waals surface area contributed by atoms with Crippen LogP contribution >= 0.6 is 0 Å². The van der Waals surface area contributed by atoms with Gasteiger partial charge in [0.2, 0.25) is 11.4 Å². The largest absolute Gasteiger partial charge is 0.435 e. The van der Waals surface area contributed by atoms with Gasteiger partial charge in [0.15, 0.2) is 11.3 Å². The Morgan fingerprint density at radius 2 is 1.86 bits per heavy atom. The quantitative estimate of drug-likeness (QED) is 0.363. The molecule has 1 aliphatic heterocycles. The van der Waals surface area contributed by atoms with Crippen molar-refractivity contribution in [2.45, 2.75) is 20.0 Å². The molecule has 6 heteroatoms. The Kier molecular flexibility index (Phi) is 3.53. The molecule has 5 rings (SSSR count). The minimum atomic E-state index is -0.0445. The minimum Gasteiger partial charge on any atom is -0.435 e. The molecule has 0 saturated carbocycles. The fourth-order valence-electron chi connectivity index (χ4n) is 4.20. The van der Waals surface area contributed by atoms with Gasteiger partial charge in [0.05, 0.1) is 24.5 Å². The zero-order chi connectivity index (χ0) is 20.3. The van der Waals surface area contributed by atoms with E-state index >= 15 is 0 Å². The second kappa shape index (κ2) is 5.98. The van der Waals surface area contributed by atoms with Gasteiger partial charge in [-0.15, -0.1) is 0 Å². The highest BCUT2D eigenvalue weighted by molar-refractivity contribution is 6.11. The molecule has 29 heavy (non-hydrogen) atoms. The van der Waals surface area contributed by atoms with Gasteiger partial charge in [-0.05, 0) is 37.6 Å².